The Morgan fingerprint density at radius 2 is 0.618 bits per heavy atom. The van der Waals surface area contributed by atoms with Gasteiger partial charge in [-0.25, -0.2) is 0 Å². The second-order valence-corrected chi connectivity index (χ2v) is 29.0. The summed E-state index contributed by atoms with van der Waals surface area (Å²) in [5.41, 5.74) is 26.5. The number of para-hydroxylation sites is 1. The third-order valence-corrected chi connectivity index (χ3v) is 16.3. The summed E-state index contributed by atoms with van der Waals surface area (Å²) in [7, 11) is 0. The summed E-state index contributed by atoms with van der Waals surface area (Å²) in [6.07, 6.45) is 0. The molecule has 0 bridgehead atoms. The van der Waals surface area contributed by atoms with Crippen molar-refractivity contribution in [2.45, 2.75) is 176 Å². The van der Waals surface area contributed by atoms with E-state index in [4.69, 9.17) is 0 Å². The van der Waals surface area contributed by atoms with Gasteiger partial charge < -0.3 is 4.90 Å². The monoisotopic (exact) mass is 1000 g/mol. The van der Waals surface area contributed by atoms with Crippen LogP contribution < -0.4 is 4.90 Å². The van der Waals surface area contributed by atoms with Crippen molar-refractivity contribution in [1.82, 2.24) is 0 Å². The first-order valence-electron chi connectivity index (χ1n) is 28.1. The SMILES string of the molecule is CC(C)(C)c1cc(-c2ccc(-c3cc(N(c4ccc5c(c4)C(C)(C)c4ccccc4-5)c4ccccc4-c4cc(C(C)(C)C)cc(C(C)(C)C)c4)cc(C(C)(C)C)c3)cc2)cc(-c2cc(C(C)(C)C)cc(C(C)(C)C)c2)c1. The smallest absolute Gasteiger partial charge is 0.0540 e. The number of benzene rings is 8. The summed E-state index contributed by atoms with van der Waals surface area (Å²) in [6.45, 7) is 46.8. The van der Waals surface area contributed by atoms with E-state index in [1.165, 1.54) is 100 Å². The molecule has 0 spiro atoms. The highest BCUT2D eigenvalue weighted by atomic mass is 15.1. The van der Waals surface area contributed by atoms with Crippen LogP contribution in [0.3, 0.4) is 0 Å². The molecule has 9 rings (SSSR count). The molecule has 0 saturated carbocycles. The predicted molar refractivity (Wildman–Crippen MR) is 333 cm³/mol. The molecule has 0 amide bonds. The highest BCUT2D eigenvalue weighted by Crippen LogP contribution is 2.52. The van der Waals surface area contributed by atoms with E-state index in [1.54, 1.807) is 0 Å². The summed E-state index contributed by atoms with van der Waals surface area (Å²) >= 11 is 0. The first-order chi connectivity index (χ1) is 35.2. The molecule has 8 aromatic rings. The summed E-state index contributed by atoms with van der Waals surface area (Å²) in [4.78, 5) is 2.56. The Balaban J connectivity index is 1.23. The molecule has 0 radical (unpaired) electrons. The van der Waals surface area contributed by atoms with Crippen LogP contribution in [0.1, 0.15) is 183 Å². The van der Waals surface area contributed by atoms with Crippen molar-refractivity contribution in [3.8, 4) is 55.6 Å². The number of nitrogens with zero attached hydrogens (tertiary/aromatic N) is 1. The first kappa shape index (κ1) is 54.4. The molecule has 1 heteroatoms. The van der Waals surface area contributed by atoms with Crippen LogP contribution in [0, 0.1) is 0 Å². The molecule has 0 atom stereocenters. The second kappa shape index (κ2) is 18.9. The van der Waals surface area contributed by atoms with Gasteiger partial charge in [0.2, 0.25) is 0 Å². The summed E-state index contributed by atoms with van der Waals surface area (Å²) < 4.78 is 0. The standard InChI is InChI=1S/C75H87N/c1-69(2,3)55-36-50(35-51(37-55)52-38-56(70(4,5)6)44-57(39-52)71(7,8)9)48-29-31-49(32-30-48)53-40-60(74(16,17)18)46-62(43-53)76(61-33-34-65-64-26-21-23-27-66(64)75(19,20)67(65)47-61)68-28-24-22-25-63(68)54-41-58(72(10,11)12)45-59(42-54)73(13,14)15/h21-47H,1-20H3. The van der Waals surface area contributed by atoms with Crippen molar-refractivity contribution in [3.63, 3.8) is 0 Å². The maximum Gasteiger partial charge on any atom is 0.0540 e. The number of hydrogen-bond acceptors (Lipinski definition) is 1. The third-order valence-electron chi connectivity index (χ3n) is 16.3. The van der Waals surface area contributed by atoms with E-state index < -0.39 is 0 Å². The van der Waals surface area contributed by atoms with E-state index >= 15 is 0 Å². The minimum atomic E-state index is -0.158. The van der Waals surface area contributed by atoms with E-state index in [0.29, 0.717) is 0 Å². The van der Waals surface area contributed by atoms with Gasteiger partial charge in [0.25, 0.3) is 0 Å². The first-order valence-corrected chi connectivity index (χ1v) is 28.1. The van der Waals surface area contributed by atoms with Gasteiger partial charge in [-0.3, -0.25) is 0 Å². The minimum Gasteiger partial charge on any atom is -0.310 e. The highest BCUT2D eigenvalue weighted by molar-refractivity contribution is 5.92. The molecule has 0 fully saturated rings. The lowest BCUT2D eigenvalue weighted by atomic mass is 9.78. The van der Waals surface area contributed by atoms with E-state index in [0.717, 1.165) is 17.1 Å². The van der Waals surface area contributed by atoms with Gasteiger partial charge in [0.15, 0.2) is 0 Å². The lowest BCUT2D eigenvalue weighted by Gasteiger charge is -2.32. The summed E-state index contributed by atoms with van der Waals surface area (Å²) in [5.74, 6) is 0. The van der Waals surface area contributed by atoms with Crippen molar-refractivity contribution in [2.75, 3.05) is 4.90 Å². The fraction of sp³-hybridized carbons (Fsp3) is 0.360. The van der Waals surface area contributed by atoms with E-state index in [-0.39, 0.29) is 37.9 Å². The van der Waals surface area contributed by atoms with Gasteiger partial charge in [-0.05, 0) is 163 Å². The Morgan fingerprint density at radius 1 is 0.263 bits per heavy atom. The van der Waals surface area contributed by atoms with Gasteiger partial charge in [-0.2, -0.15) is 0 Å². The maximum atomic E-state index is 2.56. The van der Waals surface area contributed by atoms with Gasteiger partial charge in [0.05, 0.1) is 5.69 Å². The molecule has 8 aromatic carbocycles. The minimum absolute atomic E-state index is 0.0252. The van der Waals surface area contributed by atoms with E-state index in [2.05, 4.69) is 307 Å². The molecule has 0 heterocycles. The number of hydrogen-bond donors (Lipinski definition) is 0. The van der Waals surface area contributed by atoms with Crippen LogP contribution >= 0.6 is 0 Å². The summed E-state index contributed by atoms with van der Waals surface area (Å²) in [5, 5.41) is 0. The molecule has 1 nitrogen and oxygen atoms in total. The second-order valence-electron chi connectivity index (χ2n) is 29.0. The lowest BCUT2D eigenvalue weighted by molar-refractivity contribution is 0.568. The average Bonchev–Trinajstić information content (AvgIpc) is 3.58. The van der Waals surface area contributed by atoms with Gasteiger partial charge in [0, 0.05) is 22.4 Å². The normalized spacial score (nSPS) is 13.9. The topological polar surface area (TPSA) is 3.24 Å². The van der Waals surface area contributed by atoms with Crippen LogP contribution in [0.15, 0.2) is 164 Å². The molecule has 76 heavy (non-hydrogen) atoms. The van der Waals surface area contributed by atoms with Crippen molar-refractivity contribution < 1.29 is 0 Å². The Kier molecular flexibility index (Phi) is 13.5. The molecule has 392 valence electrons. The van der Waals surface area contributed by atoms with Crippen molar-refractivity contribution >= 4 is 17.1 Å². The van der Waals surface area contributed by atoms with Gasteiger partial charge in [-0.15, -0.1) is 0 Å². The van der Waals surface area contributed by atoms with Crippen LogP contribution in [0.25, 0.3) is 55.6 Å². The molecular formula is C75H87N. The van der Waals surface area contributed by atoms with Gasteiger partial charge >= 0.3 is 0 Å². The quantitative estimate of drug-likeness (QED) is 0.154. The fourth-order valence-corrected chi connectivity index (χ4v) is 11.1. The molecule has 1 aliphatic carbocycles. The Bertz CT molecular complexity index is 3410. The predicted octanol–water partition coefficient (Wildman–Crippen LogP) is 21.9. The zero-order valence-electron chi connectivity index (χ0n) is 50.0. The van der Waals surface area contributed by atoms with Crippen LogP contribution in [0.4, 0.5) is 17.1 Å². The van der Waals surface area contributed by atoms with E-state index in [1.807, 2.05) is 0 Å². The Labute approximate surface area is 459 Å². The Morgan fingerprint density at radius 3 is 1.09 bits per heavy atom. The van der Waals surface area contributed by atoms with Gasteiger partial charge in [-0.1, -0.05) is 266 Å². The third kappa shape index (κ3) is 10.8. The molecule has 0 aromatic heterocycles. The lowest BCUT2D eigenvalue weighted by Crippen LogP contribution is -2.18. The molecule has 1 aliphatic rings. The molecule has 0 saturated heterocycles. The van der Waals surface area contributed by atoms with Crippen molar-refractivity contribution in [1.29, 1.82) is 0 Å². The zero-order chi connectivity index (χ0) is 55.3. The maximum absolute atomic E-state index is 2.56. The van der Waals surface area contributed by atoms with Crippen LogP contribution in [-0.4, -0.2) is 0 Å². The van der Waals surface area contributed by atoms with Crippen LogP contribution in [0.2, 0.25) is 0 Å². The van der Waals surface area contributed by atoms with E-state index in [9.17, 15) is 0 Å². The van der Waals surface area contributed by atoms with Crippen LogP contribution in [0.5, 0.6) is 0 Å². The number of fused-ring (bicyclic) bond motifs is 3. The number of rotatable bonds is 7. The number of anilines is 3. The molecule has 0 aliphatic heterocycles. The largest absolute Gasteiger partial charge is 0.310 e. The molecular weight excluding hydrogens is 915 g/mol. The highest BCUT2D eigenvalue weighted by Gasteiger charge is 2.36. The molecule has 0 unspecified atom stereocenters. The summed E-state index contributed by atoms with van der Waals surface area (Å²) in [6, 6.07) is 63.9. The van der Waals surface area contributed by atoms with Crippen molar-refractivity contribution in [2.24, 2.45) is 0 Å². The van der Waals surface area contributed by atoms with Crippen molar-refractivity contribution in [3.05, 3.63) is 208 Å². The average molecular weight is 1000 g/mol. The van der Waals surface area contributed by atoms with Crippen LogP contribution in [-0.2, 0) is 37.9 Å². The Hall–Kier alpha value is -6.44. The fourth-order valence-electron chi connectivity index (χ4n) is 11.1. The molecule has 0 N–H and O–H groups in total. The zero-order valence-corrected chi connectivity index (χ0v) is 50.0. The van der Waals surface area contributed by atoms with Gasteiger partial charge in [0.1, 0.15) is 0 Å².